The van der Waals surface area contributed by atoms with Gasteiger partial charge in [-0.05, 0) is 18.4 Å². The Morgan fingerprint density at radius 3 is 3.05 bits per heavy atom. The first-order valence-corrected chi connectivity index (χ1v) is 7.42. The smallest absolute Gasteiger partial charge is 0.262 e. The maximum atomic E-state index is 12.0. The van der Waals surface area contributed by atoms with Gasteiger partial charge in [-0.2, -0.15) is 0 Å². The summed E-state index contributed by atoms with van der Waals surface area (Å²) in [5.41, 5.74) is 6.93. The second-order valence-corrected chi connectivity index (χ2v) is 5.69. The van der Waals surface area contributed by atoms with Crippen LogP contribution in [0.25, 0.3) is 0 Å². The van der Waals surface area contributed by atoms with Crippen LogP contribution in [0.1, 0.15) is 25.9 Å². The fourth-order valence-corrected chi connectivity index (χ4v) is 2.85. The van der Waals surface area contributed by atoms with Crippen LogP contribution in [0.4, 0.5) is 0 Å². The predicted molar refractivity (Wildman–Crippen MR) is 78.3 cm³/mol. The third-order valence-corrected chi connectivity index (χ3v) is 4.03. The minimum absolute atomic E-state index is 0.123. The first-order valence-electron chi connectivity index (χ1n) is 5.66. The number of rotatable bonds is 3. The highest BCUT2D eigenvalue weighted by Gasteiger charge is 2.12. The normalized spacial score (nSPS) is 9.79. The zero-order valence-electron chi connectivity index (χ0n) is 10.4. The Bertz CT molecular complexity index is 634. The van der Waals surface area contributed by atoms with E-state index in [1.54, 1.807) is 11.3 Å². The summed E-state index contributed by atoms with van der Waals surface area (Å²) in [4.78, 5) is 17.0. The lowest BCUT2D eigenvalue weighted by Crippen LogP contribution is -2.22. The van der Waals surface area contributed by atoms with Crippen LogP contribution in [0.15, 0.2) is 16.8 Å². The van der Waals surface area contributed by atoms with Crippen molar-refractivity contribution in [3.63, 3.8) is 0 Å². The van der Waals surface area contributed by atoms with Crippen molar-refractivity contribution >= 4 is 28.6 Å². The lowest BCUT2D eigenvalue weighted by molar-refractivity contribution is 0.0954. The highest BCUT2D eigenvalue weighted by atomic mass is 32.1. The zero-order chi connectivity index (χ0) is 13.7. The van der Waals surface area contributed by atoms with Gasteiger partial charge in [-0.3, -0.25) is 4.79 Å². The van der Waals surface area contributed by atoms with E-state index >= 15 is 0 Å². The Hall–Kier alpha value is -1.68. The average molecular weight is 291 g/mol. The Kier molecular flexibility index (Phi) is 4.68. The molecule has 2 aromatic rings. The average Bonchev–Trinajstić information content (AvgIpc) is 3.02. The largest absolute Gasteiger partial charge is 0.346 e. The van der Waals surface area contributed by atoms with Crippen LogP contribution in [0.3, 0.4) is 0 Å². The molecule has 0 spiro atoms. The second-order valence-electron chi connectivity index (χ2n) is 3.71. The van der Waals surface area contributed by atoms with Crippen LogP contribution in [0.2, 0.25) is 0 Å². The number of carbonyl (C=O) groups is 1. The van der Waals surface area contributed by atoms with Gasteiger partial charge >= 0.3 is 0 Å². The number of amides is 1. The van der Waals surface area contributed by atoms with Gasteiger partial charge in [0.1, 0.15) is 4.88 Å². The molecule has 0 radical (unpaired) electrons. The van der Waals surface area contributed by atoms with Gasteiger partial charge in [-0.25, -0.2) is 4.98 Å². The van der Waals surface area contributed by atoms with E-state index < -0.39 is 0 Å². The van der Waals surface area contributed by atoms with Crippen molar-refractivity contribution in [2.24, 2.45) is 5.73 Å². The van der Waals surface area contributed by atoms with Gasteiger partial charge in [0.25, 0.3) is 5.91 Å². The molecule has 4 nitrogen and oxygen atoms in total. The van der Waals surface area contributed by atoms with E-state index in [1.807, 2.05) is 23.8 Å². The molecular weight excluding hydrogens is 278 g/mol. The van der Waals surface area contributed by atoms with Crippen molar-refractivity contribution in [1.82, 2.24) is 10.3 Å². The molecule has 0 atom stereocenters. The molecule has 0 saturated carbocycles. The number of aryl methyl sites for hydroxylation is 1. The van der Waals surface area contributed by atoms with E-state index in [4.69, 9.17) is 5.73 Å². The fourth-order valence-electron chi connectivity index (χ4n) is 1.47. The number of thiophene rings is 1. The molecule has 0 unspecified atom stereocenters. The quantitative estimate of drug-likeness (QED) is 0.847. The molecule has 6 heteroatoms. The van der Waals surface area contributed by atoms with E-state index in [-0.39, 0.29) is 12.5 Å². The van der Waals surface area contributed by atoms with Crippen molar-refractivity contribution in [1.29, 1.82) is 0 Å². The SMILES string of the molecule is Cc1nc(CNC(=O)c2sccc2C#CCN)cs1. The number of nitrogens with two attached hydrogens (primary N) is 1. The van der Waals surface area contributed by atoms with Crippen LogP contribution >= 0.6 is 22.7 Å². The predicted octanol–water partition coefficient (Wildman–Crippen LogP) is 1.75. The Labute approximate surface area is 119 Å². The third-order valence-electron chi connectivity index (χ3n) is 2.29. The Morgan fingerprint density at radius 1 is 1.53 bits per heavy atom. The summed E-state index contributed by atoms with van der Waals surface area (Å²) in [6, 6.07) is 1.83. The monoisotopic (exact) mass is 291 g/mol. The maximum Gasteiger partial charge on any atom is 0.262 e. The fraction of sp³-hybridized carbons (Fsp3) is 0.231. The minimum Gasteiger partial charge on any atom is -0.346 e. The lowest BCUT2D eigenvalue weighted by Gasteiger charge is -2.01. The molecular formula is C13H13N3OS2. The molecule has 0 fully saturated rings. The summed E-state index contributed by atoms with van der Waals surface area (Å²) in [6.45, 7) is 2.66. The second kappa shape index (κ2) is 6.48. The molecule has 2 rings (SSSR count). The Morgan fingerprint density at radius 2 is 2.37 bits per heavy atom. The van der Waals surface area contributed by atoms with Gasteiger partial charge < -0.3 is 11.1 Å². The van der Waals surface area contributed by atoms with Gasteiger partial charge in [0.05, 0.1) is 23.8 Å². The summed E-state index contributed by atoms with van der Waals surface area (Å²) < 4.78 is 0. The number of aromatic nitrogens is 1. The molecule has 0 aliphatic heterocycles. The molecule has 3 N–H and O–H groups in total. The van der Waals surface area contributed by atoms with Gasteiger partial charge in [0.15, 0.2) is 0 Å². The van der Waals surface area contributed by atoms with Crippen molar-refractivity contribution in [2.75, 3.05) is 6.54 Å². The van der Waals surface area contributed by atoms with Crippen LogP contribution < -0.4 is 11.1 Å². The zero-order valence-corrected chi connectivity index (χ0v) is 12.0. The summed E-state index contributed by atoms with van der Waals surface area (Å²) in [7, 11) is 0. The van der Waals surface area contributed by atoms with E-state index in [0.717, 1.165) is 16.3 Å². The van der Waals surface area contributed by atoms with Crippen LogP contribution in [0.5, 0.6) is 0 Å². The molecule has 0 saturated heterocycles. The number of thiazole rings is 1. The minimum atomic E-state index is -0.123. The third kappa shape index (κ3) is 3.64. The standard InChI is InChI=1S/C13H13N3OS2/c1-9-16-11(8-19-9)7-15-13(17)12-10(3-2-5-14)4-6-18-12/h4,6,8H,5,7,14H2,1H3,(H,15,17). The van der Waals surface area contributed by atoms with E-state index in [2.05, 4.69) is 22.1 Å². The highest BCUT2D eigenvalue weighted by molar-refractivity contribution is 7.12. The molecule has 19 heavy (non-hydrogen) atoms. The molecule has 98 valence electrons. The molecule has 1 amide bonds. The van der Waals surface area contributed by atoms with Crippen LogP contribution in [-0.4, -0.2) is 17.4 Å². The van der Waals surface area contributed by atoms with E-state index in [1.165, 1.54) is 11.3 Å². The van der Waals surface area contributed by atoms with Gasteiger partial charge in [0, 0.05) is 10.9 Å². The lowest BCUT2D eigenvalue weighted by atomic mass is 10.2. The summed E-state index contributed by atoms with van der Waals surface area (Å²) >= 11 is 2.95. The number of carbonyl (C=O) groups excluding carboxylic acids is 1. The van der Waals surface area contributed by atoms with Crippen LogP contribution in [-0.2, 0) is 6.54 Å². The number of hydrogen-bond donors (Lipinski definition) is 2. The van der Waals surface area contributed by atoms with Gasteiger partial charge in [0.2, 0.25) is 0 Å². The van der Waals surface area contributed by atoms with Gasteiger partial charge in [-0.15, -0.1) is 22.7 Å². The first kappa shape index (κ1) is 13.7. The number of nitrogens with one attached hydrogen (secondary N) is 1. The van der Waals surface area contributed by atoms with Gasteiger partial charge in [-0.1, -0.05) is 11.8 Å². The Balaban J connectivity index is 2.02. The summed E-state index contributed by atoms with van der Waals surface area (Å²) in [5, 5.41) is 7.64. The van der Waals surface area contributed by atoms with Crippen molar-refractivity contribution < 1.29 is 4.79 Å². The maximum absolute atomic E-state index is 12.0. The van der Waals surface area contributed by atoms with Crippen molar-refractivity contribution in [2.45, 2.75) is 13.5 Å². The first-order chi connectivity index (χ1) is 9.20. The molecule has 2 aromatic heterocycles. The van der Waals surface area contributed by atoms with Crippen molar-refractivity contribution in [3.8, 4) is 11.8 Å². The van der Waals surface area contributed by atoms with E-state index in [0.29, 0.717) is 11.4 Å². The molecule has 0 bridgehead atoms. The van der Waals surface area contributed by atoms with Crippen LogP contribution in [0, 0.1) is 18.8 Å². The topological polar surface area (TPSA) is 68.0 Å². The van der Waals surface area contributed by atoms with Crippen molar-refractivity contribution in [3.05, 3.63) is 38.0 Å². The number of nitrogens with zero attached hydrogens (tertiary/aromatic N) is 1. The molecule has 0 aliphatic rings. The molecule has 2 heterocycles. The summed E-state index contributed by atoms with van der Waals surface area (Å²) in [5.74, 6) is 5.53. The number of hydrogen-bond acceptors (Lipinski definition) is 5. The van der Waals surface area contributed by atoms with E-state index in [9.17, 15) is 4.79 Å². The summed E-state index contributed by atoms with van der Waals surface area (Å²) in [6.07, 6.45) is 0. The highest BCUT2D eigenvalue weighted by Crippen LogP contribution is 2.16. The molecule has 0 aliphatic carbocycles. The molecule has 0 aromatic carbocycles.